The Bertz CT molecular complexity index is 1350. The third kappa shape index (κ3) is 3.57. The van der Waals surface area contributed by atoms with Crippen LogP contribution in [0.5, 0.6) is 0 Å². The van der Waals surface area contributed by atoms with Crippen molar-refractivity contribution in [1.82, 2.24) is 19.7 Å². The van der Waals surface area contributed by atoms with Crippen molar-refractivity contribution in [1.29, 1.82) is 5.26 Å². The summed E-state index contributed by atoms with van der Waals surface area (Å²) in [5.41, 5.74) is 0.683. The van der Waals surface area contributed by atoms with Crippen LogP contribution < -0.4 is 5.62 Å². The van der Waals surface area contributed by atoms with Gasteiger partial charge >= 0.3 is 0 Å². The van der Waals surface area contributed by atoms with E-state index in [0.717, 1.165) is 9.58 Å². The van der Waals surface area contributed by atoms with Crippen LogP contribution in [-0.4, -0.2) is 38.5 Å². The molecule has 154 valence electrons. The number of nitrogens with zero attached hydrogens (tertiary/aromatic N) is 6. The van der Waals surface area contributed by atoms with Crippen molar-refractivity contribution in [2.24, 2.45) is 4.99 Å². The summed E-state index contributed by atoms with van der Waals surface area (Å²) in [5.74, 6) is -2.00. The maximum atomic E-state index is 12.9. The second kappa shape index (κ2) is 8.12. The standard InChI is InChI=1S/C20H11Cl3N6O2/c1-28-18(30)15(10-5-3-2-4-6-10)16-17(19(28)31)27-29(20(26-16)25-9-24)14-8-12(22)11(21)7-13(14)23/h2-8,15H,1H3. The first-order valence-electron chi connectivity index (χ1n) is 8.79. The number of imide groups is 1. The number of halogens is 3. The molecule has 1 aromatic heterocycles. The number of rotatable bonds is 2. The SMILES string of the molecule is CN1C(=O)c2nn(-c3cc(Cl)c(Cl)cc3Cl)c(=NC#N)nc2C(c2ccccc2)C1=O. The lowest BCUT2D eigenvalue weighted by Crippen LogP contribution is -2.46. The van der Waals surface area contributed by atoms with Gasteiger partial charge in [-0.25, -0.2) is 4.98 Å². The van der Waals surface area contributed by atoms with Crippen LogP contribution in [0.2, 0.25) is 15.1 Å². The molecule has 0 radical (unpaired) electrons. The summed E-state index contributed by atoms with van der Waals surface area (Å²) in [4.78, 5) is 34.9. The molecule has 0 aliphatic carbocycles. The van der Waals surface area contributed by atoms with Gasteiger partial charge in [0, 0.05) is 7.05 Å². The number of nitriles is 1. The van der Waals surface area contributed by atoms with E-state index in [-0.39, 0.29) is 37.8 Å². The van der Waals surface area contributed by atoms with E-state index in [0.29, 0.717) is 5.56 Å². The molecule has 0 N–H and O–H groups in total. The minimum Gasteiger partial charge on any atom is -0.279 e. The van der Waals surface area contributed by atoms with Crippen LogP contribution >= 0.6 is 34.8 Å². The molecule has 0 fully saturated rings. The summed E-state index contributed by atoms with van der Waals surface area (Å²) in [6.07, 6.45) is 1.65. The topological polar surface area (TPSA) is 104 Å². The van der Waals surface area contributed by atoms with Crippen LogP contribution in [0, 0.1) is 11.5 Å². The van der Waals surface area contributed by atoms with Crippen LogP contribution in [0.15, 0.2) is 47.5 Å². The van der Waals surface area contributed by atoms with E-state index in [1.807, 2.05) is 0 Å². The van der Waals surface area contributed by atoms with Gasteiger partial charge in [0.15, 0.2) is 5.69 Å². The van der Waals surface area contributed by atoms with Crippen LogP contribution in [0.25, 0.3) is 5.69 Å². The molecule has 3 aromatic rings. The van der Waals surface area contributed by atoms with Gasteiger partial charge in [0.2, 0.25) is 12.1 Å². The summed E-state index contributed by atoms with van der Waals surface area (Å²) in [7, 11) is 1.37. The first-order chi connectivity index (χ1) is 14.8. The lowest BCUT2D eigenvalue weighted by atomic mass is 9.90. The molecular formula is C20H11Cl3N6O2. The summed E-state index contributed by atoms with van der Waals surface area (Å²) in [6, 6.07) is 11.7. The highest BCUT2D eigenvalue weighted by Crippen LogP contribution is 2.33. The molecule has 11 heteroatoms. The number of carbonyl (C=O) groups excluding carboxylic acids is 2. The largest absolute Gasteiger partial charge is 0.282 e. The maximum Gasteiger partial charge on any atom is 0.282 e. The van der Waals surface area contributed by atoms with Gasteiger partial charge in [0.25, 0.3) is 11.5 Å². The van der Waals surface area contributed by atoms with Gasteiger partial charge in [-0.15, -0.1) is 4.99 Å². The Morgan fingerprint density at radius 1 is 1.06 bits per heavy atom. The van der Waals surface area contributed by atoms with Crippen LogP contribution in [0.1, 0.15) is 27.7 Å². The summed E-state index contributed by atoms with van der Waals surface area (Å²) in [6.45, 7) is 0. The Labute approximate surface area is 190 Å². The molecule has 2 aromatic carbocycles. The Hall–Kier alpha value is -3.25. The molecule has 1 unspecified atom stereocenters. The number of benzene rings is 2. The van der Waals surface area contributed by atoms with Crippen molar-refractivity contribution in [3.8, 4) is 11.9 Å². The summed E-state index contributed by atoms with van der Waals surface area (Å²) >= 11 is 18.4. The van der Waals surface area contributed by atoms with Crippen LogP contribution in [0.3, 0.4) is 0 Å². The highest BCUT2D eigenvalue weighted by Gasteiger charge is 2.41. The molecule has 1 aliphatic heterocycles. The molecule has 0 saturated carbocycles. The lowest BCUT2D eigenvalue weighted by molar-refractivity contribution is -0.128. The molecule has 31 heavy (non-hydrogen) atoms. The van der Waals surface area contributed by atoms with E-state index >= 15 is 0 Å². The number of aromatic nitrogens is 3. The molecule has 0 bridgehead atoms. The lowest BCUT2D eigenvalue weighted by Gasteiger charge is -2.29. The second-order valence-electron chi connectivity index (χ2n) is 6.53. The third-order valence-corrected chi connectivity index (χ3v) is 5.74. The fourth-order valence-electron chi connectivity index (χ4n) is 3.23. The van der Waals surface area contributed by atoms with Crippen molar-refractivity contribution in [3.63, 3.8) is 0 Å². The van der Waals surface area contributed by atoms with Crippen LogP contribution in [-0.2, 0) is 4.79 Å². The van der Waals surface area contributed by atoms with Gasteiger partial charge in [-0.1, -0.05) is 65.1 Å². The summed E-state index contributed by atoms with van der Waals surface area (Å²) < 4.78 is 1.12. The monoisotopic (exact) mass is 472 g/mol. The number of likely N-dealkylation sites (N-methyl/N-ethyl adjacent to an activating group) is 1. The predicted octanol–water partition coefficient (Wildman–Crippen LogP) is 3.35. The number of hydrogen-bond acceptors (Lipinski definition) is 6. The average Bonchev–Trinajstić information content (AvgIpc) is 2.76. The van der Waals surface area contributed by atoms with Gasteiger partial charge in [-0.05, 0) is 17.7 Å². The van der Waals surface area contributed by atoms with E-state index in [9.17, 15) is 14.9 Å². The van der Waals surface area contributed by atoms with Crippen molar-refractivity contribution < 1.29 is 9.59 Å². The minimum absolute atomic E-state index is 0.0741. The third-order valence-electron chi connectivity index (χ3n) is 4.71. The van der Waals surface area contributed by atoms with E-state index < -0.39 is 17.7 Å². The molecule has 0 saturated heterocycles. The number of amides is 2. The quantitative estimate of drug-likeness (QED) is 0.322. The molecule has 2 heterocycles. The van der Waals surface area contributed by atoms with E-state index in [1.165, 1.54) is 19.2 Å². The first-order valence-corrected chi connectivity index (χ1v) is 9.92. The minimum atomic E-state index is -0.891. The smallest absolute Gasteiger partial charge is 0.279 e. The van der Waals surface area contributed by atoms with Crippen molar-refractivity contribution in [2.45, 2.75) is 5.92 Å². The van der Waals surface area contributed by atoms with Crippen molar-refractivity contribution in [3.05, 3.63) is 80.1 Å². The molecular weight excluding hydrogens is 463 g/mol. The van der Waals surface area contributed by atoms with Crippen molar-refractivity contribution in [2.75, 3.05) is 7.05 Å². The van der Waals surface area contributed by atoms with Gasteiger partial charge < -0.3 is 0 Å². The molecule has 8 nitrogen and oxygen atoms in total. The van der Waals surface area contributed by atoms with Crippen molar-refractivity contribution >= 4 is 46.6 Å². The predicted molar refractivity (Wildman–Crippen MR) is 113 cm³/mol. The van der Waals surface area contributed by atoms with Gasteiger partial charge in [-0.3, -0.25) is 14.5 Å². The van der Waals surface area contributed by atoms with Gasteiger partial charge in [-0.2, -0.15) is 15.0 Å². The Morgan fingerprint density at radius 3 is 2.42 bits per heavy atom. The Morgan fingerprint density at radius 2 is 1.74 bits per heavy atom. The maximum absolute atomic E-state index is 12.9. The highest BCUT2D eigenvalue weighted by molar-refractivity contribution is 6.43. The fourth-order valence-corrected chi connectivity index (χ4v) is 3.85. The Kier molecular flexibility index (Phi) is 5.50. The zero-order chi connectivity index (χ0) is 22.3. The molecule has 0 spiro atoms. The summed E-state index contributed by atoms with van der Waals surface area (Å²) in [5, 5.41) is 14.1. The Balaban J connectivity index is 2.05. The van der Waals surface area contributed by atoms with Crippen LogP contribution in [0.4, 0.5) is 0 Å². The van der Waals surface area contributed by atoms with Gasteiger partial charge in [0.05, 0.1) is 26.4 Å². The molecule has 4 rings (SSSR count). The van der Waals surface area contributed by atoms with E-state index in [1.54, 1.807) is 36.5 Å². The normalized spacial score (nSPS) is 16.3. The zero-order valence-corrected chi connectivity index (χ0v) is 18.0. The molecule has 2 amide bonds. The van der Waals surface area contributed by atoms with E-state index in [4.69, 9.17) is 34.8 Å². The molecule has 1 atom stereocenters. The van der Waals surface area contributed by atoms with E-state index in [2.05, 4.69) is 15.1 Å². The fraction of sp³-hybridized carbons (Fsp3) is 0.100. The average molecular weight is 474 g/mol. The number of hydrogen-bond donors (Lipinski definition) is 0. The number of carbonyl (C=O) groups is 2. The molecule has 1 aliphatic rings. The second-order valence-corrected chi connectivity index (χ2v) is 7.75. The first kappa shape index (κ1) is 21.0. The zero-order valence-electron chi connectivity index (χ0n) is 15.8. The highest BCUT2D eigenvalue weighted by atomic mass is 35.5. The number of fused-ring (bicyclic) bond motifs is 1. The van der Waals surface area contributed by atoms with Gasteiger partial charge in [0.1, 0.15) is 5.92 Å².